The number of likely N-dealkylation sites (tertiary alicyclic amines) is 1. The van der Waals surface area contributed by atoms with Crippen LogP contribution in [0.2, 0.25) is 0 Å². The highest BCUT2D eigenvalue weighted by Crippen LogP contribution is 2.23. The molecule has 0 spiro atoms. The molecule has 0 bridgehead atoms. The molecule has 4 heteroatoms. The van der Waals surface area contributed by atoms with E-state index in [1.165, 1.54) is 25.5 Å². The third kappa shape index (κ3) is 3.31. The van der Waals surface area contributed by atoms with Gasteiger partial charge in [0.2, 0.25) is 5.43 Å². The number of carbonyl (C=O) groups is 1. The molecule has 4 nitrogen and oxygen atoms in total. The molecule has 1 aromatic heterocycles. The minimum atomic E-state index is -0.232. The van der Waals surface area contributed by atoms with E-state index in [2.05, 4.69) is 6.92 Å². The van der Waals surface area contributed by atoms with Crippen LogP contribution in [0.15, 0.2) is 39.7 Å². The molecule has 1 saturated heterocycles. The summed E-state index contributed by atoms with van der Waals surface area (Å²) in [6.45, 7) is 3.68. The standard InChI is InChI=1S/C19H23NO3/c1-2-3-6-14-9-11-20(12-10-14)19(22)16-13-23-17-8-5-4-7-15(17)18(16)21/h4-5,7-8,13-14H,2-3,6,9-12H2,1H3. The van der Waals surface area contributed by atoms with Gasteiger partial charge in [-0.3, -0.25) is 9.59 Å². The third-order valence-electron chi connectivity index (χ3n) is 4.78. The van der Waals surface area contributed by atoms with Crippen molar-refractivity contribution in [2.24, 2.45) is 5.92 Å². The van der Waals surface area contributed by atoms with Gasteiger partial charge >= 0.3 is 0 Å². The van der Waals surface area contributed by atoms with Gasteiger partial charge < -0.3 is 9.32 Å². The van der Waals surface area contributed by atoms with Crippen LogP contribution in [0.3, 0.4) is 0 Å². The molecule has 0 atom stereocenters. The highest BCUT2D eigenvalue weighted by molar-refractivity contribution is 5.96. The number of piperidine rings is 1. The summed E-state index contributed by atoms with van der Waals surface area (Å²) < 4.78 is 5.46. The third-order valence-corrected chi connectivity index (χ3v) is 4.78. The number of hydrogen-bond donors (Lipinski definition) is 0. The fraction of sp³-hybridized carbons (Fsp3) is 0.474. The Balaban J connectivity index is 1.74. The number of rotatable bonds is 4. The van der Waals surface area contributed by atoms with Crippen LogP contribution in [-0.4, -0.2) is 23.9 Å². The summed E-state index contributed by atoms with van der Waals surface area (Å²) in [5.41, 5.74) is 0.438. The van der Waals surface area contributed by atoms with Crippen molar-refractivity contribution >= 4 is 16.9 Å². The maximum absolute atomic E-state index is 12.7. The Morgan fingerprint density at radius 1 is 1.26 bits per heavy atom. The maximum Gasteiger partial charge on any atom is 0.261 e. The first-order valence-corrected chi connectivity index (χ1v) is 8.50. The van der Waals surface area contributed by atoms with E-state index in [4.69, 9.17) is 4.42 Å². The SMILES string of the molecule is CCCCC1CCN(C(=O)c2coc3ccccc3c2=O)CC1. The van der Waals surface area contributed by atoms with Crippen molar-refractivity contribution in [2.75, 3.05) is 13.1 Å². The second kappa shape index (κ2) is 6.99. The van der Waals surface area contributed by atoms with Gasteiger partial charge in [-0.1, -0.05) is 38.3 Å². The summed E-state index contributed by atoms with van der Waals surface area (Å²) in [5.74, 6) is 0.519. The van der Waals surface area contributed by atoms with Gasteiger partial charge in [0.15, 0.2) is 0 Å². The molecule has 0 aliphatic carbocycles. The van der Waals surface area contributed by atoms with Crippen molar-refractivity contribution in [1.82, 2.24) is 4.90 Å². The first-order chi connectivity index (χ1) is 11.2. The van der Waals surface area contributed by atoms with E-state index in [1.807, 2.05) is 6.07 Å². The van der Waals surface area contributed by atoms with Crippen molar-refractivity contribution in [1.29, 1.82) is 0 Å². The van der Waals surface area contributed by atoms with E-state index < -0.39 is 0 Å². The molecule has 1 fully saturated rings. The van der Waals surface area contributed by atoms with Crippen LogP contribution in [0, 0.1) is 5.92 Å². The molecule has 0 unspecified atom stereocenters. The first-order valence-electron chi connectivity index (χ1n) is 8.50. The van der Waals surface area contributed by atoms with E-state index >= 15 is 0 Å². The summed E-state index contributed by atoms with van der Waals surface area (Å²) >= 11 is 0. The number of fused-ring (bicyclic) bond motifs is 1. The lowest BCUT2D eigenvalue weighted by Crippen LogP contribution is -2.40. The average molecular weight is 313 g/mol. The fourth-order valence-corrected chi connectivity index (χ4v) is 3.31. The normalized spacial score (nSPS) is 16.0. The van der Waals surface area contributed by atoms with Gasteiger partial charge in [-0.15, -0.1) is 0 Å². The number of para-hydroxylation sites is 1. The van der Waals surface area contributed by atoms with Crippen LogP contribution >= 0.6 is 0 Å². The molecule has 0 N–H and O–H groups in total. The van der Waals surface area contributed by atoms with Crippen molar-refractivity contribution in [2.45, 2.75) is 39.0 Å². The van der Waals surface area contributed by atoms with Crippen molar-refractivity contribution in [3.05, 3.63) is 46.3 Å². The number of unbranched alkanes of at least 4 members (excludes halogenated alkanes) is 1. The molecular weight excluding hydrogens is 290 g/mol. The largest absolute Gasteiger partial charge is 0.463 e. The summed E-state index contributed by atoms with van der Waals surface area (Å²) in [4.78, 5) is 27.0. The van der Waals surface area contributed by atoms with Gasteiger partial charge in [0.1, 0.15) is 17.4 Å². The summed E-state index contributed by atoms with van der Waals surface area (Å²) in [5, 5.41) is 0.469. The summed E-state index contributed by atoms with van der Waals surface area (Å²) in [6, 6.07) is 7.04. The Morgan fingerprint density at radius 2 is 2.00 bits per heavy atom. The zero-order valence-electron chi connectivity index (χ0n) is 13.6. The smallest absolute Gasteiger partial charge is 0.261 e. The molecular formula is C19H23NO3. The molecule has 0 saturated carbocycles. The van der Waals surface area contributed by atoms with Gasteiger partial charge in [-0.2, -0.15) is 0 Å². The van der Waals surface area contributed by atoms with Crippen LogP contribution in [0.4, 0.5) is 0 Å². The molecule has 2 heterocycles. The van der Waals surface area contributed by atoms with Crippen LogP contribution in [0.5, 0.6) is 0 Å². The molecule has 3 rings (SSSR count). The topological polar surface area (TPSA) is 50.5 Å². The van der Waals surface area contributed by atoms with E-state index in [0.717, 1.165) is 25.9 Å². The van der Waals surface area contributed by atoms with E-state index in [9.17, 15) is 9.59 Å². The minimum absolute atomic E-state index is 0.149. The predicted octanol–water partition coefficient (Wildman–Crippen LogP) is 3.84. The molecule has 122 valence electrons. The molecule has 1 aliphatic heterocycles. The lowest BCUT2D eigenvalue weighted by atomic mass is 9.91. The Morgan fingerprint density at radius 3 is 2.74 bits per heavy atom. The maximum atomic E-state index is 12.7. The van der Waals surface area contributed by atoms with Crippen LogP contribution in [0.25, 0.3) is 11.0 Å². The number of benzene rings is 1. The minimum Gasteiger partial charge on any atom is -0.463 e. The molecule has 1 aromatic carbocycles. The average Bonchev–Trinajstić information content (AvgIpc) is 2.60. The van der Waals surface area contributed by atoms with Gasteiger partial charge in [0.05, 0.1) is 5.39 Å². The van der Waals surface area contributed by atoms with E-state index in [1.54, 1.807) is 23.1 Å². The lowest BCUT2D eigenvalue weighted by molar-refractivity contribution is 0.0682. The second-order valence-corrected chi connectivity index (χ2v) is 6.35. The van der Waals surface area contributed by atoms with Crippen molar-refractivity contribution in [3.8, 4) is 0 Å². The highest BCUT2D eigenvalue weighted by atomic mass is 16.3. The number of carbonyl (C=O) groups excluding carboxylic acids is 1. The van der Waals surface area contributed by atoms with Gasteiger partial charge in [-0.05, 0) is 30.9 Å². The quantitative estimate of drug-likeness (QED) is 0.862. The molecule has 0 radical (unpaired) electrons. The van der Waals surface area contributed by atoms with Crippen LogP contribution in [0.1, 0.15) is 49.4 Å². The molecule has 1 aliphatic rings. The Hall–Kier alpha value is -2.10. The van der Waals surface area contributed by atoms with Crippen molar-refractivity contribution < 1.29 is 9.21 Å². The Bertz CT molecular complexity index is 742. The lowest BCUT2D eigenvalue weighted by Gasteiger charge is -2.31. The number of nitrogens with zero attached hydrogens (tertiary/aromatic N) is 1. The Labute approximate surface area is 136 Å². The molecule has 1 amide bonds. The van der Waals surface area contributed by atoms with Crippen LogP contribution < -0.4 is 5.43 Å². The number of amides is 1. The fourth-order valence-electron chi connectivity index (χ4n) is 3.31. The number of hydrogen-bond acceptors (Lipinski definition) is 3. The zero-order valence-corrected chi connectivity index (χ0v) is 13.6. The molecule has 23 heavy (non-hydrogen) atoms. The monoisotopic (exact) mass is 313 g/mol. The van der Waals surface area contributed by atoms with Crippen LogP contribution in [-0.2, 0) is 0 Å². The predicted molar refractivity (Wildman–Crippen MR) is 90.6 cm³/mol. The zero-order chi connectivity index (χ0) is 16.2. The van der Waals surface area contributed by atoms with Gasteiger partial charge in [0, 0.05) is 13.1 Å². The Kier molecular flexibility index (Phi) is 4.79. The molecule has 2 aromatic rings. The summed E-state index contributed by atoms with van der Waals surface area (Å²) in [7, 11) is 0. The second-order valence-electron chi connectivity index (χ2n) is 6.35. The van der Waals surface area contributed by atoms with Gasteiger partial charge in [-0.25, -0.2) is 0 Å². The van der Waals surface area contributed by atoms with E-state index in [-0.39, 0.29) is 16.9 Å². The first kappa shape index (κ1) is 15.8. The highest BCUT2D eigenvalue weighted by Gasteiger charge is 2.25. The van der Waals surface area contributed by atoms with Gasteiger partial charge in [0.25, 0.3) is 5.91 Å². The van der Waals surface area contributed by atoms with Crippen molar-refractivity contribution in [3.63, 3.8) is 0 Å². The summed E-state index contributed by atoms with van der Waals surface area (Å²) in [6.07, 6.45) is 7.10. The van der Waals surface area contributed by atoms with E-state index in [0.29, 0.717) is 16.9 Å².